The van der Waals surface area contributed by atoms with Crippen LogP contribution in [0.2, 0.25) is 0 Å². The summed E-state index contributed by atoms with van der Waals surface area (Å²) in [5.74, 6) is 0.733. The normalized spacial score (nSPS) is 13.9. The van der Waals surface area contributed by atoms with Crippen molar-refractivity contribution >= 4 is 10.9 Å². The van der Waals surface area contributed by atoms with Crippen molar-refractivity contribution in [3.05, 3.63) is 76.3 Å². The molecule has 3 aromatic rings. The fourth-order valence-corrected chi connectivity index (χ4v) is 2.61. The highest BCUT2D eigenvalue weighted by Crippen LogP contribution is 2.09. The van der Waals surface area contributed by atoms with E-state index in [9.17, 15) is 4.79 Å². The summed E-state index contributed by atoms with van der Waals surface area (Å²) in [6.07, 6.45) is 0. The molecule has 2 aromatic carbocycles. The van der Waals surface area contributed by atoms with Gasteiger partial charge in [-0.1, -0.05) is 42.5 Å². The lowest BCUT2D eigenvalue weighted by atomic mass is 10.2. The molecule has 0 radical (unpaired) electrons. The average Bonchev–Trinajstić information content (AvgIpc) is 2.55. The van der Waals surface area contributed by atoms with E-state index in [1.54, 1.807) is 6.07 Å². The van der Waals surface area contributed by atoms with Gasteiger partial charge < -0.3 is 9.88 Å². The number of para-hydroxylation sites is 1. The van der Waals surface area contributed by atoms with Crippen LogP contribution in [0.3, 0.4) is 0 Å². The van der Waals surface area contributed by atoms with Gasteiger partial charge in [-0.2, -0.15) is 0 Å². The van der Waals surface area contributed by atoms with Gasteiger partial charge in [-0.15, -0.1) is 0 Å². The van der Waals surface area contributed by atoms with Gasteiger partial charge in [0.05, 0.1) is 18.0 Å². The van der Waals surface area contributed by atoms with Gasteiger partial charge in [0.2, 0.25) is 0 Å². The number of nitrogens with zero attached hydrogens (tertiary/aromatic N) is 1. The largest absolute Gasteiger partial charge is 0.325 e. The first kappa shape index (κ1) is 14.5. The van der Waals surface area contributed by atoms with Crippen LogP contribution in [-0.4, -0.2) is 17.0 Å². The Kier molecular flexibility index (Phi) is 4.02. The minimum Gasteiger partial charge on any atom is -0.325 e. The van der Waals surface area contributed by atoms with E-state index in [1.807, 2.05) is 36.4 Å². The Hall–Kier alpha value is -2.46. The highest BCUT2D eigenvalue weighted by atomic mass is 16.1. The van der Waals surface area contributed by atoms with E-state index < -0.39 is 0 Å². The molecule has 0 saturated carbocycles. The Morgan fingerprint density at radius 1 is 1.09 bits per heavy atom. The minimum absolute atomic E-state index is 0.0695. The molecule has 0 aliphatic heterocycles. The van der Waals surface area contributed by atoms with Crippen molar-refractivity contribution in [3.8, 4) is 0 Å². The average molecular weight is 294 g/mol. The summed E-state index contributed by atoms with van der Waals surface area (Å²) in [5, 5.41) is 0.638. The summed E-state index contributed by atoms with van der Waals surface area (Å²) in [6, 6.07) is 17.9. The van der Waals surface area contributed by atoms with Gasteiger partial charge in [0, 0.05) is 5.56 Å². The fourth-order valence-electron chi connectivity index (χ4n) is 2.61. The number of hydrogen-bond acceptors (Lipinski definition) is 2. The molecule has 112 valence electrons. The molecule has 4 heteroatoms. The molecule has 4 nitrogen and oxygen atoms in total. The monoisotopic (exact) mass is 294 g/mol. The Balaban J connectivity index is 1.88. The van der Waals surface area contributed by atoms with E-state index in [2.05, 4.69) is 36.1 Å². The molecule has 0 aliphatic carbocycles. The van der Waals surface area contributed by atoms with Crippen LogP contribution in [0.4, 0.5) is 0 Å². The van der Waals surface area contributed by atoms with E-state index in [0.717, 1.165) is 17.9 Å². The molecule has 1 unspecified atom stereocenters. The summed E-state index contributed by atoms with van der Waals surface area (Å²) < 4.78 is 0. The predicted molar refractivity (Wildman–Crippen MR) is 87.8 cm³/mol. The first-order valence-corrected chi connectivity index (χ1v) is 7.50. The van der Waals surface area contributed by atoms with Gasteiger partial charge in [-0.05, 0) is 19.1 Å². The zero-order valence-electron chi connectivity index (χ0n) is 12.8. The van der Waals surface area contributed by atoms with Crippen molar-refractivity contribution < 1.29 is 4.90 Å². The molecule has 0 saturated heterocycles. The summed E-state index contributed by atoms with van der Waals surface area (Å²) in [7, 11) is 2.12. The third kappa shape index (κ3) is 2.92. The second-order valence-electron chi connectivity index (χ2n) is 5.70. The number of aromatic nitrogens is 2. The van der Waals surface area contributed by atoms with Gasteiger partial charge in [0.1, 0.15) is 12.6 Å². The Bertz CT molecular complexity index is 826. The van der Waals surface area contributed by atoms with E-state index in [0.29, 0.717) is 5.39 Å². The highest BCUT2D eigenvalue weighted by Gasteiger charge is 2.19. The Morgan fingerprint density at radius 3 is 2.55 bits per heavy atom. The lowest BCUT2D eigenvalue weighted by molar-refractivity contribution is -0.924. The third-order valence-corrected chi connectivity index (χ3v) is 4.11. The second kappa shape index (κ2) is 6.12. The molecular weight excluding hydrogens is 274 g/mol. The number of nitrogens with one attached hydrogen (secondary N) is 2. The molecular formula is C18H20N3O+. The van der Waals surface area contributed by atoms with Gasteiger partial charge >= 0.3 is 0 Å². The van der Waals surface area contributed by atoms with Crippen LogP contribution in [0, 0.1) is 0 Å². The smallest absolute Gasteiger partial charge is 0.258 e. The zero-order valence-corrected chi connectivity index (χ0v) is 12.8. The van der Waals surface area contributed by atoms with Crippen LogP contribution in [0.25, 0.3) is 10.9 Å². The molecule has 1 aromatic heterocycles. The quantitative estimate of drug-likeness (QED) is 0.769. The number of quaternary nitrogens is 1. The minimum atomic E-state index is -0.0695. The van der Waals surface area contributed by atoms with Crippen LogP contribution in [0.1, 0.15) is 24.4 Å². The summed E-state index contributed by atoms with van der Waals surface area (Å²) >= 11 is 0. The lowest BCUT2D eigenvalue weighted by Crippen LogP contribution is -3.07. The third-order valence-electron chi connectivity index (χ3n) is 4.11. The molecule has 3 rings (SSSR count). The van der Waals surface area contributed by atoms with Crippen molar-refractivity contribution in [1.29, 1.82) is 0 Å². The molecule has 22 heavy (non-hydrogen) atoms. The Labute approximate surface area is 129 Å². The maximum absolute atomic E-state index is 12.2. The number of fused-ring (bicyclic) bond motifs is 1. The molecule has 1 heterocycles. The molecule has 2 N–H and O–H groups in total. The van der Waals surface area contributed by atoms with E-state index in [1.165, 1.54) is 10.5 Å². The second-order valence-corrected chi connectivity index (χ2v) is 5.70. The first-order chi connectivity index (χ1) is 10.6. The fraction of sp³-hybridized carbons (Fsp3) is 0.222. The molecule has 2 atom stereocenters. The molecule has 0 aliphatic rings. The van der Waals surface area contributed by atoms with Crippen LogP contribution < -0.4 is 10.5 Å². The van der Waals surface area contributed by atoms with Crippen molar-refractivity contribution in [2.75, 3.05) is 7.05 Å². The standard InChI is InChI=1S/C18H19N3O/c1-13(21(2)12-14-8-4-3-5-9-14)17-19-16-11-7-6-10-15(16)18(22)20-17/h3-11,13H,12H2,1-2H3,(H,19,20,22)/p+1/t13-/m1/s1. The maximum Gasteiger partial charge on any atom is 0.258 e. The first-order valence-electron chi connectivity index (χ1n) is 7.50. The van der Waals surface area contributed by atoms with Crippen molar-refractivity contribution in [2.24, 2.45) is 0 Å². The van der Waals surface area contributed by atoms with Crippen LogP contribution >= 0.6 is 0 Å². The van der Waals surface area contributed by atoms with Crippen LogP contribution in [-0.2, 0) is 6.54 Å². The van der Waals surface area contributed by atoms with E-state index in [4.69, 9.17) is 0 Å². The number of hydrogen-bond donors (Lipinski definition) is 2. The number of benzene rings is 2. The summed E-state index contributed by atoms with van der Waals surface area (Å²) in [6.45, 7) is 2.98. The predicted octanol–water partition coefficient (Wildman–Crippen LogP) is 1.70. The maximum atomic E-state index is 12.2. The summed E-state index contributed by atoms with van der Waals surface area (Å²) in [5.41, 5.74) is 1.95. The van der Waals surface area contributed by atoms with Gasteiger partial charge in [0.15, 0.2) is 5.82 Å². The van der Waals surface area contributed by atoms with Gasteiger partial charge in [-0.3, -0.25) is 4.79 Å². The molecule has 0 spiro atoms. The van der Waals surface area contributed by atoms with Crippen LogP contribution in [0.5, 0.6) is 0 Å². The van der Waals surface area contributed by atoms with Gasteiger partial charge in [-0.25, -0.2) is 4.98 Å². The molecule has 0 bridgehead atoms. The van der Waals surface area contributed by atoms with Crippen molar-refractivity contribution in [1.82, 2.24) is 9.97 Å². The van der Waals surface area contributed by atoms with Gasteiger partial charge in [0.25, 0.3) is 5.56 Å². The Morgan fingerprint density at radius 2 is 1.77 bits per heavy atom. The zero-order chi connectivity index (χ0) is 15.5. The highest BCUT2D eigenvalue weighted by molar-refractivity contribution is 5.77. The van der Waals surface area contributed by atoms with Crippen molar-refractivity contribution in [2.45, 2.75) is 19.5 Å². The van der Waals surface area contributed by atoms with Crippen molar-refractivity contribution in [3.63, 3.8) is 0 Å². The topological polar surface area (TPSA) is 50.2 Å². The lowest BCUT2D eigenvalue weighted by Gasteiger charge is -2.21. The molecule has 0 amide bonds. The number of rotatable bonds is 4. The SMILES string of the molecule is C[C@H](c1nc2ccccc2c(=O)[nH]1)[NH+](C)Cc1ccccc1. The van der Waals surface area contributed by atoms with Crippen LogP contribution in [0.15, 0.2) is 59.4 Å². The summed E-state index contributed by atoms with van der Waals surface area (Å²) in [4.78, 5) is 21.0. The molecule has 0 fully saturated rings. The van der Waals surface area contributed by atoms with E-state index in [-0.39, 0.29) is 11.6 Å². The van der Waals surface area contributed by atoms with E-state index >= 15 is 0 Å². The number of H-pyrrole nitrogens is 1. The number of aromatic amines is 1.